The van der Waals surface area contributed by atoms with Gasteiger partial charge in [0.15, 0.2) is 17.5 Å². The minimum absolute atomic E-state index is 0.0528. The maximum Gasteiger partial charge on any atom is 0.573 e. The molecule has 2 aromatic rings. The third-order valence-electron chi connectivity index (χ3n) is 3.33. The van der Waals surface area contributed by atoms with Crippen LogP contribution in [0.2, 0.25) is 0 Å². The lowest BCUT2D eigenvalue weighted by molar-refractivity contribution is -0.274. The van der Waals surface area contributed by atoms with E-state index < -0.39 is 6.36 Å². The lowest BCUT2D eigenvalue weighted by Gasteiger charge is -2.10. The number of methoxy groups -OCH3 is 1. The fourth-order valence-electron chi connectivity index (χ4n) is 2.16. The molecule has 2 rings (SSSR count). The van der Waals surface area contributed by atoms with E-state index in [2.05, 4.69) is 15.0 Å². The number of ether oxygens (including phenoxy) is 2. The van der Waals surface area contributed by atoms with Gasteiger partial charge in [-0.3, -0.25) is 4.99 Å². The summed E-state index contributed by atoms with van der Waals surface area (Å²) in [5, 5.41) is 12.7. The smallest absolute Gasteiger partial charge is 0.504 e. The van der Waals surface area contributed by atoms with Gasteiger partial charge < -0.3 is 25.6 Å². The van der Waals surface area contributed by atoms with Gasteiger partial charge in [0.25, 0.3) is 0 Å². The zero-order valence-corrected chi connectivity index (χ0v) is 13.9. The first-order valence-corrected chi connectivity index (χ1v) is 7.56. The summed E-state index contributed by atoms with van der Waals surface area (Å²) in [4.78, 5) is 4.11. The van der Waals surface area contributed by atoms with Crippen LogP contribution in [-0.4, -0.2) is 31.1 Å². The first kappa shape index (κ1) is 19.2. The number of guanidine groups is 1. The number of nitrogens with one attached hydrogen (secondary N) is 1. The molecule has 140 valence electrons. The number of aliphatic imine (C=N–C) groups is 1. The van der Waals surface area contributed by atoms with Crippen molar-refractivity contribution in [2.45, 2.75) is 12.8 Å². The average molecular weight is 369 g/mol. The summed E-state index contributed by atoms with van der Waals surface area (Å²) >= 11 is 0. The van der Waals surface area contributed by atoms with E-state index >= 15 is 0 Å². The minimum Gasteiger partial charge on any atom is -0.504 e. The Kier molecular flexibility index (Phi) is 6.16. The lowest BCUT2D eigenvalue weighted by atomic mass is 10.1. The van der Waals surface area contributed by atoms with Crippen LogP contribution >= 0.6 is 0 Å². The predicted molar refractivity (Wildman–Crippen MR) is 91.6 cm³/mol. The van der Waals surface area contributed by atoms with Crippen molar-refractivity contribution in [1.82, 2.24) is 0 Å². The van der Waals surface area contributed by atoms with Crippen molar-refractivity contribution < 1.29 is 27.8 Å². The number of rotatable bonds is 6. The second-order valence-electron chi connectivity index (χ2n) is 5.18. The summed E-state index contributed by atoms with van der Waals surface area (Å²) in [6, 6.07) is 10.2. The Bertz CT molecular complexity index is 762. The molecule has 0 unspecified atom stereocenters. The Labute approximate surface area is 148 Å². The van der Waals surface area contributed by atoms with Crippen molar-refractivity contribution in [3.8, 4) is 17.2 Å². The molecule has 0 spiro atoms. The molecular formula is C17H18F3N3O3. The summed E-state index contributed by atoms with van der Waals surface area (Å²) in [6.45, 7) is 0.300. The molecule has 0 heterocycles. The molecule has 0 amide bonds. The van der Waals surface area contributed by atoms with Gasteiger partial charge in [-0.15, -0.1) is 13.2 Å². The van der Waals surface area contributed by atoms with E-state index in [0.29, 0.717) is 30.0 Å². The Morgan fingerprint density at radius 1 is 1.19 bits per heavy atom. The van der Waals surface area contributed by atoms with Crippen molar-refractivity contribution in [2.24, 2.45) is 10.7 Å². The SMILES string of the molecule is COc1cccc(CCN=C(N)Nc2ccc(OC(F)(F)F)cc2)c1O. The molecule has 2 aromatic carbocycles. The number of nitrogens with two attached hydrogens (primary N) is 1. The molecule has 6 nitrogen and oxygen atoms in total. The maximum atomic E-state index is 12.1. The number of halogens is 3. The van der Waals surface area contributed by atoms with E-state index in [1.165, 1.54) is 19.2 Å². The van der Waals surface area contributed by atoms with E-state index in [-0.39, 0.29) is 17.5 Å². The Morgan fingerprint density at radius 2 is 1.88 bits per heavy atom. The quantitative estimate of drug-likeness (QED) is 0.537. The van der Waals surface area contributed by atoms with E-state index in [9.17, 15) is 18.3 Å². The normalized spacial score (nSPS) is 11.9. The first-order chi connectivity index (χ1) is 12.3. The van der Waals surface area contributed by atoms with Crippen molar-refractivity contribution in [1.29, 1.82) is 0 Å². The molecule has 0 atom stereocenters. The summed E-state index contributed by atoms with van der Waals surface area (Å²) in [5.74, 6) is 0.194. The highest BCUT2D eigenvalue weighted by atomic mass is 19.4. The molecule has 9 heteroatoms. The second-order valence-corrected chi connectivity index (χ2v) is 5.18. The van der Waals surface area contributed by atoms with Gasteiger partial charge in [0, 0.05) is 12.2 Å². The zero-order chi connectivity index (χ0) is 19.2. The van der Waals surface area contributed by atoms with Crippen molar-refractivity contribution in [2.75, 3.05) is 19.0 Å². The van der Waals surface area contributed by atoms with Crippen molar-refractivity contribution >= 4 is 11.6 Å². The van der Waals surface area contributed by atoms with E-state index in [4.69, 9.17) is 10.5 Å². The number of para-hydroxylation sites is 1. The van der Waals surface area contributed by atoms with Crippen LogP contribution in [0.4, 0.5) is 18.9 Å². The number of anilines is 1. The zero-order valence-electron chi connectivity index (χ0n) is 13.9. The molecule has 0 aliphatic heterocycles. The molecule has 0 bridgehead atoms. The molecule has 0 saturated carbocycles. The van der Waals surface area contributed by atoms with Gasteiger partial charge >= 0.3 is 6.36 Å². The van der Waals surface area contributed by atoms with Crippen LogP contribution in [0, 0.1) is 0 Å². The highest BCUT2D eigenvalue weighted by Crippen LogP contribution is 2.29. The van der Waals surface area contributed by atoms with Crippen molar-refractivity contribution in [3.05, 3.63) is 48.0 Å². The highest BCUT2D eigenvalue weighted by Gasteiger charge is 2.30. The second kappa shape index (κ2) is 8.32. The number of phenolic OH excluding ortho intramolecular Hbond substituents is 1. The van der Waals surface area contributed by atoms with Crippen LogP contribution < -0.4 is 20.5 Å². The standard InChI is InChI=1S/C17H18F3N3O3/c1-25-14-4-2-3-11(15(14)24)9-10-22-16(21)23-12-5-7-13(8-6-12)26-17(18,19)20/h2-8,24H,9-10H2,1H3,(H3,21,22,23). The molecule has 0 radical (unpaired) electrons. The van der Waals surface area contributed by atoms with Crippen LogP contribution in [0.1, 0.15) is 5.56 Å². The van der Waals surface area contributed by atoms with E-state index in [1.807, 2.05) is 0 Å². The van der Waals surface area contributed by atoms with Crippen LogP contribution in [-0.2, 0) is 6.42 Å². The van der Waals surface area contributed by atoms with E-state index in [0.717, 1.165) is 12.1 Å². The van der Waals surface area contributed by atoms with Crippen LogP contribution in [0.15, 0.2) is 47.5 Å². The molecule has 26 heavy (non-hydrogen) atoms. The van der Waals surface area contributed by atoms with E-state index in [1.54, 1.807) is 18.2 Å². The molecule has 4 N–H and O–H groups in total. The number of alkyl halides is 3. The fraction of sp³-hybridized carbons (Fsp3) is 0.235. The van der Waals surface area contributed by atoms with Gasteiger partial charge in [-0.1, -0.05) is 12.1 Å². The molecule has 0 fully saturated rings. The summed E-state index contributed by atoms with van der Waals surface area (Å²) < 4.78 is 45.1. The third kappa shape index (κ3) is 5.76. The van der Waals surface area contributed by atoms with Crippen LogP contribution in [0.25, 0.3) is 0 Å². The summed E-state index contributed by atoms with van der Waals surface area (Å²) in [7, 11) is 1.46. The summed E-state index contributed by atoms with van der Waals surface area (Å²) in [5.41, 5.74) is 6.87. The molecular weight excluding hydrogens is 351 g/mol. The lowest BCUT2D eigenvalue weighted by Crippen LogP contribution is -2.23. The topological polar surface area (TPSA) is 89.1 Å². The molecule has 0 aromatic heterocycles. The predicted octanol–water partition coefficient (Wildman–Crippen LogP) is 3.27. The average Bonchev–Trinajstić information content (AvgIpc) is 2.57. The van der Waals surface area contributed by atoms with Gasteiger partial charge in [-0.05, 0) is 42.3 Å². The van der Waals surface area contributed by atoms with Gasteiger partial charge in [-0.25, -0.2) is 0 Å². The number of aromatic hydroxyl groups is 1. The Hall–Kier alpha value is -3.10. The monoisotopic (exact) mass is 369 g/mol. The van der Waals surface area contributed by atoms with Gasteiger partial charge in [0.1, 0.15) is 5.75 Å². The molecule has 0 aliphatic rings. The number of phenols is 1. The van der Waals surface area contributed by atoms with Crippen LogP contribution in [0.5, 0.6) is 17.2 Å². The number of benzene rings is 2. The van der Waals surface area contributed by atoms with Gasteiger partial charge in [-0.2, -0.15) is 0 Å². The van der Waals surface area contributed by atoms with Crippen LogP contribution in [0.3, 0.4) is 0 Å². The first-order valence-electron chi connectivity index (χ1n) is 7.56. The molecule has 0 saturated heterocycles. The van der Waals surface area contributed by atoms with Crippen molar-refractivity contribution in [3.63, 3.8) is 0 Å². The fourth-order valence-corrected chi connectivity index (χ4v) is 2.16. The Balaban J connectivity index is 1.90. The largest absolute Gasteiger partial charge is 0.573 e. The third-order valence-corrected chi connectivity index (χ3v) is 3.33. The minimum atomic E-state index is -4.74. The highest BCUT2D eigenvalue weighted by molar-refractivity contribution is 5.92. The Morgan fingerprint density at radius 3 is 2.50 bits per heavy atom. The molecule has 0 aliphatic carbocycles. The number of hydrogen-bond donors (Lipinski definition) is 3. The maximum absolute atomic E-state index is 12.1. The van der Waals surface area contributed by atoms with Gasteiger partial charge in [0.05, 0.1) is 7.11 Å². The van der Waals surface area contributed by atoms with Gasteiger partial charge in [0.2, 0.25) is 0 Å². The number of nitrogens with zero attached hydrogens (tertiary/aromatic N) is 1. The number of hydrogen-bond acceptors (Lipinski definition) is 4. The summed E-state index contributed by atoms with van der Waals surface area (Å²) in [6.07, 6.45) is -4.30.